The number of nitrogens with zero attached hydrogens (tertiary/aromatic N) is 1. The molecule has 3 N–H and O–H groups in total. The van der Waals surface area contributed by atoms with Gasteiger partial charge in [0, 0.05) is 0 Å². The second-order valence-corrected chi connectivity index (χ2v) is 5.36. The molecule has 0 radical (unpaired) electrons. The van der Waals surface area contributed by atoms with Gasteiger partial charge in [0.1, 0.15) is 0 Å². The van der Waals surface area contributed by atoms with E-state index >= 15 is 0 Å². The van der Waals surface area contributed by atoms with E-state index in [0.717, 1.165) is 22.7 Å². The molecule has 2 aromatic rings. The summed E-state index contributed by atoms with van der Waals surface area (Å²) >= 11 is 1.42. The number of nitrogens with one attached hydrogen (secondary N) is 1. The fraction of sp³-hybridized carbons (Fsp3) is 0.308. The molecule has 3 nitrogen and oxygen atoms in total. The van der Waals surface area contributed by atoms with Crippen LogP contribution in [0.4, 0.5) is 13.2 Å². The van der Waals surface area contributed by atoms with E-state index < -0.39 is 11.7 Å². The van der Waals surface area contributed by atoms with Gasteiger partial charge >= 0.3 is 6.18 Å². The molecular formula is C13H14F3N3S. The van der Waals surface area contributed by atoms with E-state index in [2.05, 4.69) is 10.4 Å². The first kappa shape index (κ1) is 15.0. The van der Waals surface area contributed by atoms with Crippen LogP contribution in [-0.4, -0.2) is 4.98 Å². The Balaban J connectivity index is 2.44. The normalized spacial score (nSPS) is 13.5. The summed E-state index contributed by atoms with van der Waals surface area (Å²) in [5.41, 5.74) is 5.75. The van der Waals surface area contributed by atoms with E-state index in [9.17, 15) is 13.2 Å². The summed E-state index contributed by atoms with van der Waals surface area (Å²) in [6.07, 6.45) is -4.34. The van der Waals surface area contributed by atoms with Gasteiger partial charge in [-0.2, -0.15) is 13.2 Å². The highest BCUT2D eigenvalue weighted by atomic mass is 32.1. The lowest BCUT2D eigenvalue weighted by Crippen LogP contribution is -2.29. The first-order chi connectivity index (χ1) is 9.34. The number of thiazole rings is 1. The number of hydrazine groups is 1. The van der Waals surface area contributed by atoms with Crippen LogP contribution in [-0.2, 0) is 6.18 Å². The zero-order chi connectivity index (χ0) is 14.9. The predicted molar refractivity (Wildman–Crippen MR) is 72.2 cm³/mol. The highest BCUT2D eigenvalue weighted by Gasteiger charge is 2.31. The molecule has 0 amide bonds. The van der Waals surface area contributed by atoms with E-state index in [0.29, 0.717) is 11.1 Å². The molecule has 0 aliphatic rings. The third-order valence-electron chi connectivity index (χ3n) is 3.12. The predicted octanol–water partition coefficient (Wildman–Crippen LogP) is 3.33. The third kappa shape index (κ3) is 2.84. The molecule has 7 heteroatoms. The number of aryl methyl sites for hydroxylation is 2. The SMILES string of the molecule is Cc1cc(C(F)(F)F)ccc1C(NN)c1scnc1C. The average Bonchev–Trinajstić information content (AvgIpc) is 2.77. The minimum absolute atomic E-state index is 0.357. The van der Waals surface area contributed by atoms with Crippen LogP contribution in [0.15, 0.2) is 23.7 Å². The molecule has 0 spiro atoms. The van der Waals surface area contributed by atoms with Gasteiger partial charge in [-0.15, -0.1) is 11.3 Å². The second-order valence-electron chi connectivity index (χ2n) is 4.47. The molecule has 20 heavy (non-hydrogen) atoms. The van der Waals surface area contributed by atoms with Crippen LogP contribution in [0.5, 0.6) is 0 Å². The van der Waals surface area contributed by atoms with Gasteiger partial charge in [-0.05, 0) is 37.1 Å². The molecule has 108 valence electrons. The van der Waals surface area contributed by atoms with Crippen molar-refractivity contribution in [3.63, 3.8) is 0 Å². The standard InChI is InChI=1S/C13H14F3N3S/c1-7-5-9(13(14,15)16)3-4-10(7)11(19-17)12-8(2)18-6-20-12/h3-6,11,19H,17H2,1-2H3. The van der Waals surface area contributed by atoms with Crippen molar-refractivity contribution in [2.45, 2.75) is 26.1 Å². The lowest BCUT2D eigenvalue weighted by Gasteiger charge is -2.19. The van der Waals surface area contributed by atoms with Gasteiger partial charge in [-0.3, -0.25) is 5.84 Å². The number of alkyl halides is 3. The first-order valence-corrected chi connectivity index (χ1v) is 6.76. The van der Waals surface area contributed by atoms with Crippen LogP contribution in [0, 0.1) is 13.8 Å². The average molecular weight is 301 g/mol. The fourth-order valence-corrected chi connectivity index (χ4v) is 2.95. The summed E-state index contributed by atoms with van der Waals surface area (Å²) < 4.78 is 38.0. The Morgan fingerprint density at radius 2 is 2.00 bits per heavy atom. The summed E-state index contributed by atoms with van der Waals surface area (Å²) in [4.78, 5) is 5.04. The Morgan fingerprint density at radius 1 is 1.30 bits per heavy atom. The first-order valence-electron chi connectivity index (χ1n) is 5.88. The number of aromatic nitrogens is 1. The van der Waals surface area contributed by atoms with E-state index in [-0.39, 0.29) is 6.04 Å². The molecule has 1 atom stereocenters. The molecule has 0 aliphatic heterocycles. The van der Waals surface area contributed by atoms with E-state index in [1.165, 1.54) is 17.4 Å². The Morgan fingerprint density at radius 3 is 2.45 bits per heavy atom. The number of benzene rings is 1. The molecule has 1 aromatic heterocycles. The monoisotopic (exact) mass is 301 g/mol. The zero-order valence-electron chi connectivity index (χ0n) is 11.0. The van der Waals surface area contributed by atoms with E-state index in [1.54, 1.807) is 12.4 Å². The molecule has 2 rings (SSSR count). The van der Waals surface area contributed by atoms with Crippen LogP contribution >= 0.6 is 11.3 Å². The van der Waals surface area contributed by atoms with E-state index in [4.69, 9.17) is 5.84 Å². The van der Waals surface area contributed by atoms with Crippen molar-refractivity contribution in [2.24, 2.45) is 5.84 Å². The minimum Gasteiger partial charge on any atom is -0.271 e. The Hall–Kier alpha value is -1.44. The van der Waals surface area contributed by atoms with Crippen molar-refractivity contribution in [3.8, 4) is 0 Å². The molecule has 0 bridgehead atoms. The van der Waals surface area contributed by atoms with Crippen LogP contribution in [0.2, 0.25) is 0 Å². The molecule has 0 saturated carbocycles. The van der Waals surface area contributed by atoms with Crippen LogP contribution in [0.25, 0.3) is 0 Å². The molecular weight excluding hydrogens is 287 g/mol. The van der Waals surface area contributed by atoms with E-state index in [1.807, 2.05) is 6.92 Å². The molecule has 1 heterocycles. The largest absolute Gasteiger partial charge is 0.416 e. The number of hydrogen-bond acceptors (Lipinski definition) is 4. The quantitative estimate of drug-likeness (QED) is 0.675. The Bertz CT molecular complexity index is 607. The summed E-state index contributed by atoms with van der Waals surface area (Å²) in [5, 5.41) is 0. The van der Waals surface area contributed by atoms with Gasteiger partial charge in [-0.25, -0.2) is 10.4 Å². The lowest BCUT2D eigenvalue weighted by atomic mass is 9.97. The summed E-state index contributed by atoms with van der Waals surface area (Å²) in [6, 6.07) is 3.31. The van der Waals surface area contributed by atoms with Gasteiger partial charge in [0.05, 0.1) is 27.7 Å². The molecule has 0 aliphatic carbocycles. The maximum atomic E-state index is 12.7. The van der Waals surface area contributed by atoms with Crippen molar-refractivity contribution >= 4 is 11.3 Å². The number of hydrogen-bond donors (Lipinski definition) is 2. The molecule has 0 saturated heterocycles. The van der Waals surface area contributed by atoms with Crippen molar-refractivity contribution in [2.75, 3.05) is 0 Å². The van der Waals surface area contributed by atoms with Crippen LogP contribution in [0.3, 0.4) is 0 Å². The van der Waals surface area contributed by atoms with Gasteiger partial charge in [0.15, 0.2) is 0 Å². The zero-order valence-corrected chi connectivity index (χ0v) is 11.8. The smallest absolute Gasteiger partial charge is 0.271 e. The summed E-state index contributed by atoms with van der Waals surface area (Å²) in [5.74, 6) is 5.56. The minimum atomic E-state index is -4.34. The second kappa shape index (κ2) is 5.51. The molecule has 1 unspecified atom stereocenters. The Kier molecular flexibility index (Phi) is 4.12. The van der Waals surface area contributed by atoms with Crippen molar-refractivity contribution in [1.29, 1.82) is 0 Å². The van der Waals surface area contributed by atoms with Crippen LogP contribution < -0.4 is 11.3 Å². The lowest BCUT2D eigenvalue weighted by molar-refractivity contribution is -0.137. The van der Waals surface area contributed by atoms with Crippen molar-refractivity contribution in [3.05, 3.63) is 51.0 Å². The van der Waals surface area contributed by atoms with Crippen LogP contribution in [0.1, 0.15) is 33.3 Å². The van der Waals surface area contributed by atoms with Gasteiger partial charge in [0.25, 0.3) is 0 Å². The van der Waals surface area contributed by atoms with Gasteiger partial charge in [-0.1, -0.05) is 6.07 Å². The maximum Gasteiger partial charge on any atom is 0.416 e. The van der Waals surface area contributed by atoms with Crippen molar-refractivity contribution < 1.29 is 13.2 Å². The van der Waals surface area contributed by atoms with Gasteiger partial charge < -0.3 is 0 Å². The number of rotatable bonds is 3. The third-order valence-corrected chi connectivity index (χ3v) is 4.12. The molecule has 1 aromatic carbocycles. The fourth-order valence-electron chi connectivity index (χ4n) is 2.07. The number of nitrogens with two attached hydrogens (primary N) is 1. The topological polar surface area (TPSA) is 50.9 Å². The van der Waals surface area contributed by atoms with Gasteiger partial charge in [0.2, 0.25) is 0 Å². The molecule has 0 fully saturated rings. The highest BCUT2D eigenvalue weighted by molar-refractivity contribution is 7.09. The number of halogens is 3. The summed E-state index contributed by atoms with van der Waals surface area (Å²) in [6.45, 7) is 3.49. The Labute approximate surface area is 118 Å². The van der Waals surface area contributed by atoms with Crippen molar-refractivity contribution in [1.82, 2.24) is 10.4 Å². The highest BCUT2D eigenvalue weighted by Crippen LogP contribution is 2.34. The summed E-state index contributed by atoms with van der Waals surface area (Å²) in [7, 11) is 0. The maximum absolute atomic E-state index is 12.7.